The summed E-state index contributed by atoms with van der Waals surface area (Å²) in [6.45, 7) is 0.801. The first-order chi connectivity index (χ1) is 9.74. The molecule has 1 N–H and O–H groups in total. The molecule has 0 amide bonds. The van der Waals surface area contributed by atoms with Crippen LogP contribution in [0.1, 0.15) is 10.8 Å². The van der Waals surface area contributed by atoms with Crippen molar-refractivity contribution in [2.75, 3.05) is 11.9 Å². The molecule has 2 aromatic rings. The normalized spacial score (nSPS) is 17.9. The van der Waals surface area contributed by atoms with E-state index in [1.54, 1.807) is 11.8 Å². The number of hydrogen-bond donors (Lipinski definition) is 1. The fourth-order valence-corrected chi connectivity index (χ4v) is 3.57. The maximum Gasteiger partial charge on any atom is 0.161 e. The molecule has 0 aliphatic carbocycles. The van der Waals surface area contributed by atoms with Crippen molar-refractivity contribution in [2.24, 2.45) is 4.99 Å². The monoisotopic (exact) mass is 366 g/mol. The Morgan fingerprint density at radius 3 is 2.75 bits per heavy atom. The van der Waals surface area contributed by atoms with Crippen molar-refractivity contribution >= 4 is 50.1 Å². The summed E-state index contributed by atoms with van der Waals surface area (Å²) in [5.74, 6) is 0. The number of anilines is 1. The van der Waals surface area contributed by atoms with Gasteiger partial charge in [-0.3, -0.25) is 4.99 Å². The number of rotatable bonds is 2. The van der Waals surface area contributed by atoms with E-state index in [2.05, 4.69) is 50.5 Å². The predicted octanol–water partition coefficient (Wildman–Crippen LogP) is 5.36. The lowest BCUT2D eigenvalue weighted by Gasteiger charge is -2.11. The van der Waals surface area contributed by atoms with Crippen molar-refractivity contribution in [1.29, 1.82) is 0 Å². The van der Waals surface area contributed by atoms with E-state index >= 15 is 0 Å². The average molecular weight is 368 g/mol. The van der Waals surface area contributed by atoms with E-state index in [-0.39, 0.29) is 0 Å². The van der Waals surface area contributed by atoms with Gasteiger partial charge in [0.25, 0.3) is 0 Å². The van der Waals surface area contributed by atoms with Gasteiger partial charge in [0, 0.05) is 0 Å². The van der Waals surface area contributed by atoms with E-state index in [0.29, 0.717) is 10.3 Å². The van der Waals surface area contributed by atoms with Gasteiger partial charge in [-0.15, -0.1) is 0 Å². The molecule has 1 aliphatic heterocycles. The third-order valence-electron chi connectivity index (χ3n) is 3.02. The van der Waals surface area contributed by atoms with Crippen molar-refractivity contribution in [3.05, 3.63) is 63.6 Å². The summed E-state index contributed by atoms with van der Waals surface area (Å²) < 4.78 is 0.869. The molecule has 0 bridgehead atoms. The molecular formula is C15H12BrClN2S. The van der Waals surface area contributed by atoms with Gasteiger partial charge in [0.2, 0.25) is 0 Å². The molecule has 2 aromatic carbocycles. The minimum atomic E-state index is 0.386. The van der Waals surface area contributed by atoms with E-state index in [0.717, 1.165) is 21.9 Å². The van der Waals surface area contributed by atoms with E-state index in [9.17, 15) is 0 Å². The lowest BCUT2D eigenvalue weighted by Crippen LogP contribution is -2.06. The number of nitrogens with one attached hydrogen (secondary N) is 1. The van der Waals surface area contributed by atoms with Gasteiger partial charge >= 0.3 is 0 Å². The van der Waals surface area contributed by atoms with Crippen LogP contribution in [0.5, 0.6) is 0 Å². The quantitative estimate of drug-likeness (QED) is 0.773. The Morgan fingerprint density at radius 2 is 1.95 bits per heavy atom. The second kappa shape index (κ2) is 6.20. The summed E-state index contributed by atoms with van der Waals surface area (Å²) in [5, 5.41) is 5.34. The van der Waals surface area contributed by atoms with Crippen LogP contribution in [0, 0.1) is 0 Å². The maximum absolute atomic E-state index is 6.09. The molecule has 0 aromatic heterocycles. The number of nitrogens with zero attached hydrogens (tertiary/aromatic N) is 1. The molecule has 1 atom stereocenters. The second-order valence-electron chi connectivity index (χ2n) is 4.39. The van der Waals surface area contributed by atoms with Crippen LogP contribution in [0.3, 0.4) is 0 Å². The third-order valence-corrected chi connectivity index (χ3v) is 5.58. The van der Waals surface area contributed by atoms with Crippen molar-refractivity contribution in [1.82, 2.24) is 0 Å². The number of halogens is 2. The molecule has 1 heterocycles. The Labute approximate surface area is 135 Å². The van der Waals surface area contributed by atoms with Crippen LogP contribution in [0.4, 0.5) is 5.69 Å². The Hall–Kier alpha value is -0.970. The zero-order valence-electron chi connectivity index (χ0n) is 10.5. The van der Waals surface area contributed by atoms with Crippen LogP contribution in [0.25, 0.3) is 0 Å². The van der Waals surface area contributed by atoms with Gasteiger partial charge in [-0.1, -0.05) is 59.8 Å². The van der Waals surface area contributed by atoms with Gasteiger partial charge in [-0.25, -0.2) is 0 Å². The smallest absolute Gasteiger partial charge is 0.161 e. The van der Waals surface area contributed by atoms with Crippen molar-refractivity contribution in [3.63, 3.8) is 0 Å². The molecule has 1 aliphatic rings. The Bertz CT molecular complexity index is 646. The van der Waals surface area contributed by atoms with Gasteiger partial charge in [-0.2, -0.15) is 0 Å². The van der Waals surface area contributed by atoms with Gasteiger partial charge < -0.3 is 5.32 Å². The number of benzene rings is 2. The molecule has 102 valence electrons. The lowest BCUT2D eigenvalue weighted by molar-refractivity contribution is 0.966. The number of hydrogen-bond acceptors (Lipinski definition) is 3. The molecule has 5 heteroatoms. The van der Waals surface area contributed by atoms with Crippen molar-refractivity contribution < 1.29 is 0 Å². The topological polar surface area (TPSA) is 24.4 Å². The minimum absolute atomic E-state index is 0.386. The summed E-state index contributed by atoms with van der Waals surface area (Å²) in [7, 11) is 0. The van der Waals surface area contributed by atoms with E-state index in [1.165, 1.54) is 5.56 Å². The van der Waals surface area contributed by atoms with Gasteiger partial charge in [0.15, 0.2) is 5.17 Å². The fraction of sp³-hybridized carbons (Fsp3) is 0.133. The molecule has 20 heavy (non-hydrogen) atoms. The molecule has 0 saturated carbocycles. The Balaban J connectivity index is 1.70. The lowest BCUT2D eigenvalue weighted by atomic mass is 10.1. The number of thioether (sulfide) groups is 1. The zero-order valence-corrected chi connectivity index (χ0v) is 13.7. The summed E-state index contributed by atoms with van der Waals surface area (Å²) in [6.07, 6.45) is 0. The predicted molar refractivity (Wildman–Crippen MR) is 91.9 cm³/mol. The van der Waals surface area contributed by atoms with Crippen LogP contribution in [-0.4, -0.2) is 11.7 Å². The molecular weight excluding hydrogens is 356 g/mol. The van der Waals surface area contributed by atoms with Gasteiger partial charge in [-0.05, 0) is 33.6 Å². The number of aliphatic imine (C=N–C) groups is 1. The van der Waals surface area contributed by atoms with Crippen LogP contribution in [-0.2, 0) is 0 Å². The van der Waals surface area contributed by atoms with Gasteiger partial charge in [0.05, 0.1) is 27.0 Å². The van der Waals surface area contributed by atoms with Crippen LogP contribution < -0.4 is 5.32 Å². The Kier molecular flexibility index (Phi) is 4.34. The average Bonchev–Trinajstić information content (AvgIpc) is 2.93. The second-order valence-corrected chi connectivity index (χ2v) is 6.78. The maximum atomic E-state index is 6.09. The minimum Gasteiger partial charge on any atom is -0.334 e. The highest BCUT2D eigenvalue weighted by Crippen LogP contribution is 2.37. The molecule has 0 fully saturated rings. The molecule has 0 radical (unpaired) electrons. The largest absolute Gasteiger partial charge is 0.334 e. The highest BCUT2D eigenvalue weighted by molar-refractivity contribution is 9.10. The first kappa shape index (κ1) is 14.0. The summed E-state index contributed by atoms with van der Waals surface area (Å²) >= 11 is 11.3. The third kappa shape index (κ3) is 3.03. The van der Waals surface area contributed by atoms with Gasteiger partial charge in [0.1, 0.15) is 0 Å². The van der Waals surface area contributed by atoms with Crippen LogP contribution in [0.2, 0.25) is 5.02 Å². The molecule has 2 nitrogen and oxygen atoms in total. The molecule has 3 rings (SSSR count). The first-order valence-electron chi connectivity index (χ1n) is 6.21. The number of amidine groups is 1. The molecule has 0 spiro atoms. The highest BCUT2D eigenvalue weighted by atomic mass is 79.9. The summed E-state index contributed by atoms with van der Waals surface area (Å²) in [5.41, 5.74) is 2.25. The van der Waals surface area contributed by atoms with Crippen molar-refractivity contribution in [3.8, 4) is 0 Å². The van der Waals surface area contributed by atoms with Crippen LogP contribution in [0.15, 0.2) is 58.0 Å². The molecule has 1 unspecified atom stereocenters. The standard InChI is InChI=1S/C15H12BrClN2S/c16-14-11(17)7-4-8-12(14)19-15-18-9-13(20-15)10-5-2-1-3-6-10/h1-8,13H,9H2,(H,18,19). The van der Waals surface area contributed by atoms with E-state index in [1.807, 2.05) is 24.3 Å². The summed E-state index contributed by atoms with van der Waals surface area (Å²) in [6, 6.07) is 16.2. The van der Waals surface area contributed by atoms with E-state index < -0.39 is 0 Å². The zero-order chi connectivity index (χ0) is 13.9. The van der Waals surface area contributed by atoms with Crippen LogP contribution >= 0.6 is 39.3 Å². The molecule has 0 saturated heterocycles. The summed E-state index contributed by atoms with van der Waals surface area (Å²) in [4.78, 5) is 4.56. The van der Waals surface area contributed by atoms with E-state index in [4.69, 9.17) is 11.6 Å². The SMILES string of the molecule is Clc1cccc(NC2=NCC(c3ccccc3)S2)c1Br. The first-order valence-corrected chi connectivity index (χ1v) is 8.26. The highest BCUT2D eigenvalue weighted by Gasteiger charge is 2.21. The van der Waals surface area contributed by atoms with Crippen molar-refractivity contribution in [2.45, 2.75) is 5.25 Å². The Morgan fingerprint density at radius 1 is 1.15 bits per heavy atom. The fourth-order valence-electron chi connectivity index (χ4n) is 2.00.